The first kappa shape index (κ1) is 10.3. The number of nitrogens with two attached hydrogens (primary N) is 1. The molecule has 3 heteroatoms. The van der Waals surface area contributed by atoms with Crippen molar-refractivity contribution in [1.82, 2.24) is 0 Å². The van der Waals surface area contributed by atoms with Gasteiger partial charge < -0.3 is 5.73 Å². The van der Waals surface area contributed by atoms with Gasteiger partial charge in [-0.2, -0.15) is 0 Å². The summed E-state index contributed by atoms with van der Waals surface area (Å²) in [5, 5.41) is 2.09. The fraction of sp³-hybridized carbons (Fsp3) is 0.500. The second kappa shape index (κ2) is 5.02. The van der Waals surface area contributed by atoms with E-state index in [4.69, 9.17) is 5.73 Å². The van der Waals surface area contributed by atoms with Crippen molar-refractivity contribution >= 4 is 17.2 Å². The smallest absolute Gasteiger partial charge is 0.0962 e. The summed E-state index contributed by atoms with van der Waals surface area (Å²) < 4.78 is 0. The van der Waals surface area contributed by atoms with Crippen LogP contribution in [0.25, 0.3) is 0 Å². The summed E-state index contributed by atoms with van der Waals surface area (Å²) in [4.78, 5) is 5.67. The van der Waals surface area contributed by atoms with Gasteiger partial charge in [-0.3, -0.25) is 4.99 Å². The fourth-order valence-corrected chi connectivity index (χ4v) is 1.63. The van der Waals surface area contributed by atoms with Crippen LogP contribution in [-0.2, 0) is 6.42 Å². The zero-order valence-electron chi connectivity index (χ0n) is 8.16. The van der Waals surface area contributed by atoms with Crippen LogP contribution in [0.2, 0.25) is 0 Å². The Hall–Kier alpha value is -0.830. The molecule has 0 aromatic carbocycles. The van der Waals surface area contributed by atoms with Crippen LogP contribution >= 0.6 is 11.3 Å². The topological polar surface area (TPSA) is 38.4 Å². The SMILES string of the molecule is CC(C)C(N)=NCCc1cccs1. The van der Waals surface area contributed by atoms with Crippen LogP contribution in [0.1, 0.15) is 18.7 Å². The molecule has 0 atom stereocenters. The van der Waals surface area contributed by atoms with E-state index in [2.05, 4.69) is 36.4 Å². The molecule has 0 radical (unpaired) electrons. The number of hydrogen-bond donors (Lipinski definition) is 1. The molecular formula is C10H16N2S. The van der Waals surface area contributed by atoms with E-state index in [-0.39, 0.29) is 0 Å². The Morgan fingerprint density at radius 1 is 1.62 bits per heavy atom. The van der Waals surface area contributed by atoms with Gasteiger partial charge in [-0.1, -0.05) is 19.9 Å². The predicted octanol–water partition coefficient (Wildman–Crippen LogP) is 2.30. The van der Waals surface area contributed by atoms with E-state index >= 15 is 0 Å². The van der Waals surface area contributed by atoms with E-state index < -0.39 is 0 Å². The summed E-state index contributed by atoms with van der Waals surface area (Å²) in [6.45, 7) is 4.93. The van der Waals surface area contributed by atoms with Crippen molar-refractivity contribution in [3.05, 3.63) is 22.4 Å². The van der Waals surface area contributed by atoms with Crippen LogP contribution in [0, 0.1) is 5.92 Å². The number of rotatable bonds is 4. The first-order valence-corrected chi connectivity index (χ1v) is 5.40. The lowest BCUT2D eigenvalue weighted by Gasteiger charge is -2.02. The third-order valence-electron chi connectivity index (χ3n) is 1.82. The molecule has 72 valence electrons. The van der Waals surface area contributed by atoms with Gasteiger partial charge in [-0.15, -0.1) is 11.3 Å². The zero-order chi connectivity index (χ0) is 9.68. The van der Waals surface area contributed by atoms with Crippen LogP contribution < -0.4 is 5.73 Å². The normalized spacial score (nSPS) is 12.4. The molecule has 0 unspecified atom stereocenters. The Bertz CT molecular complexity index is 262. The Balaban J connectivity index is 2.32. The second-order valence-corrected chi connectivity index (χ2v) is 4.32. The molecule has 0 aliphatic heterocycles. The largest absolute Gasteiger partial charge is 0.387 e. The van der Waals surface area contributed by atoms with Crippen molar-refractivity contribution in [3.8, 4) is 0 Å². The van der Waals surface area contributed by atoms with Crippen LogP contribution in [0.5, 0.6) is 0 Å². The molecule has 1 aromatic rings. The number of hydrogen-bond acceptors (Lipinski definition) is 2. The number of amidine groups is 1. The molecule has 13 heavy (non-hydrogen) atoms. The van der Waals surface area contributed by atoms with Gasteiger partial charge in [-0.25, -0.2) is 0 Å². The minimum Gasteiger partial charge on any atom is -0.387 e. The number of thiophene rings is 1. The van der Waals surface area contributed by atoms with Gasteiger partial charge in [0.25, 0.3) is 0 Å². The first-order valence-electron chi connectivity index (χ1n) is 4.52. The van der Waals surface area contributed by atoms with E-state index in [1.54, 1.807) is 11.3 Å². The van der Waals surface area contributed by atoms with Crippen LogP contribution in [0.4, 0.5) is 0 Å². The molecule has 2 N–H and O–H groups in total. The number of aliphatic imine (C=N–C) groups is 1. The van der Waals surface area contributed by atoms with Crippen molar-refractivity contribution in [1.29, 1.82) is 0 Å². The van der Waals surface area contributed by atoms with Crippen molar-refractivity contribution in [2.24, 2.45) is 16.6 Å². The van der Waals surface area contributed by atoms with Crippen LogP contribution in [0.15, 0.2) is 22.5 Å². The van der Waals surface area contributed by atoms with Crippen LogP contribution in [-0.4, -0.2) is 12.4 Å². The fourth-order valence-electron chi connectivity index (χ4n) is 0.933. The summed E-state index contributed by atoms with van der Waals surface area (Å²) in [7, 11) is 0. The summed E-state index contributed by atoms with van der Waals surface area (Å²) in [5.41, 5.74) is 5.71. The maximum atomic E-state index is 5.71. The lowest BCUT2D eigenvalue weighted by molar-refractivity contribution is 0.850. The lowest BCUT2D eigenvalue weighted by atomic mass is 10.2. The molecule has 1 rings (SSSR count). The molecule has 1 heterocycles. The molecule has 2 nitrogen and oxygen atoms in total. The second-order valence-electron chi connectivity index (χ2n) is 3.29. The summed E-state index contributed by atoms with van der Waals surface area (Å²) >= 11 is 1.77. The molecule has 0 fully saturated rings. The van der Waals surface area contributed by atoms with Crippen molar-refractivity contribution in [2.75, 3.05) is 6.54 Å². The molecule has 0 bridgehead atoms. The highest BCUT2D eigenvalue weighted by Crippen LogP contribution is 2.08. The van der Waals surface area contributed by atoms with Gasteiger partial charge in [0, 0.05) is 23.8 Å². The minimum absolute atomic E-state index is 0.364. The Kier molecular flexibility index (Phi) is 3.96. The Morgan fingerprint density at radius 2 is 2.38 bits per heavy atom. The zero-order valence-corrected chi connectivity index (χ0v) is 8.97. The van der Waals surface area contributed by atoms with E-state index in [9.17, 15) is 0 Å². The van der Waals surface area contributed by atoms with E-state index in [1.165, 1.54) is 4.88 Å². The van der Waals surface area contributed by atoms with E-state index in [0.717, 1.165) is 18.8 Å². The van der Waals surface area contributed by atoms with Crippen molar-refractivity contribution < 1.29 is 0 Å². The average molecular weight is 196 g/mol. The van der Waals surface area contributed by atoms with Gasteiger partial charge in [0.05, 0.1) is 5.84 Å². The molecule has 0 amide bonds. The molecule has 0 aliphatic carbocycles. The van der Waals surface area contributed by atoms with Gasteiger partial charge in [0.15, 0.2) is 0 Å². The monoisotopic (exact) mass is 196 g/mol. The van der Waals surface area contributed by atoms with Gasteiger partial charge in [-0.05, 0) is 11.4 Å². The minimum atomic E-state index is 0.364. The van der Waals surface area contributed by atoms with Crippen LogP contribution in [0.3, 0.4) is 0 Å². The van der Waals surface area contributed by atoms with Gasteiger partial charge in [0.1, 0.15) is 0 Å². The van der Waals surface area contributed by atoms with Crippen molar-refractivity contribution in [2.45, 2.75) is 20.3 Å². The molecule has 0 spiro atoms. The Labute approximate surface area is 83.5 Å². The van der Waals surface area contributed by atoms with E-state index in [1.807, 2.05) is 0 Å². The summed E-state index contributed by atoms with van der Waals surface area (Å²) in [5.74, 6) is 1.12. The van der Waals surface area contributed by atoms with Gasteiger partial charge >= 0.3 is 0 Å². The highest BCUT2D eigenvalue weighted by atomic mass is 32.1. The highest BCUT2D eigenvalue weighted by Gasteiger charge is 1.98. The molecule has 0 aliphatic rings. The van der Waals surface area contributed by atoms with E-state index in [0.29, 0.717) is 5.92 Å². The third-order valence-corrected chi connectivity index (χ3v) is 2.76. The lowest BCUT2D eigenvalue weighted by Crippen LogP contribution is -2.19. The maximum absolute atomic E-state index is 5.71. The molecule has 0 saturated carbocycles. The Morgan fingerprint density at radius 3 is 2.92 bits per heavy atom. The highest BCUT2D eigenvalue weighted by molar-refractivity contribution is 7.09. The maximum Gasteiger partial charge on any atom is 0.0962 e. The van der Waals surface area contributed by atoms with Gasteiger partial charge in [0.2, 0.25) is 0 Å². The molecule has 1 aromatic heterocycles. The summed E-state index contributed by atoms with van der Waals surface area (Å²) in [6.07, 6.45) is 1.01. The number of nitrogens with zero attached hydrogens (tertiary/aromatic N) is 1. The van der Waals surface area contributed by atoms with Crippen molar-refractivity contribution in [3.63, 3.8) is 0 Å². The predicted molar refractivity (Wildman–Crippen MR) is 59.4 cm³/mol. The molecule has 0 saturated heterocycles. The quantitative estimate of drug-likeness (QED) is 0.582. The molecular weight excluding hydrogens is 180 g/mol. The third kappa shape index (κ3) is 3.59. The first-order chi connectivity index (χ1) is 6.20. The standard InChI is InChI=1S/C10H16N2S/c1-8(2)10(11)12-6-5-9-4-3-7-13-9/h3-4,7-8H,5-6H2,1-2H3,(H2,11,12). The summed E-state index contributed by atoms with van der Waals surface area (Å²) in [6, 6.07) is 4.20. The average Bonchev–Trinajstić information content (AvgIpc) is 2.56.